The molecule has 9 heteroatoms. The van der Waals surface area contributed by atoms with E-state index in [4.69, 9.17) is 4.74 Å². The van der Waals surface area contributed by atoms with Crippen LogP contribution in [0.1, 0.15) is 17.4 Å². The van der Waals surface area contributed by atoms with Gasteiger partial charge in [0.1, 0.15) is 5.69 Å². The number of carbonyl (C=O) groups excluding carboxylic acids is 2. The zero-order valence-corrected chi connectivity index (χ0v) is 14.8. The minimum absolute atomic E-state index is 0.0898. The normalized spacial score (nSPS) is 11.7. The Balaban J connectivity index is 1.63. The van der Waals surface area contributed by atoms with Gasteiger partial charge < -0.3 is 4.74 Å². The topological polar surface area (TPSA) is 81.2 Å². The fraction of sp³-hybridized carbons (Fsp3) is 0.111. The number of carbonyl (C=O) groups is 2. The molecule has 0 spiro atoms. The van der Waals surface area contributed by atoms with Gasteiger partial charge in [0.15, 0.2) is 22.9 Å². The van der Waals surface area contributed by atoms with Gasteiger partial charge in [-0.05, 0) is 37.3 Å². The van der Waals surface area contributed by atoms with Crippen molar-refractivity contribution < 1.29 is 23.1 Å². The Kier molecular flexibility index (Phi) is 5.51. The number of amides is 1. The molecule has 27 heavy (non-hydrogen) atoms. The van der Waals surface area contributed by atoms with Crippen molar-refractivity contribution in [3.63, 3.8) is 0 Å². The fourth-order valence-electron chi connectivity index (χ4n) is 2.08. The molecule has 0 fully saturated rings. The van der Waals surface area contributed by atoms with Crippen LogP contribution in [0.5, 0.6) is 0 Å². The first kappa shape index (κ1) is 18.6. The highest BCUT2D eigenvalue weighted by Gasteiger charge is 2.20. The second kappa shape index (κ2) is 8.00. The summed E-state index contributed by atoms with van der Waals surface area (Å²) >= 11 is 1.10. The van der Waals surface area contributed by atoms with Gasteiger partial charge in [-0.2, -0.15) is 0 Å². The summed E-state index contributed by atoms with van der Waals surface area (Å²) < 4.78 is 31.4. The zero-order valence-electron chi connectivity index (χ0n) is 14.0. The molecule has 0 aliphatic carbocycles. The van der Waals surface area contributed by atoms with Crippen LogP contribution in [0.2, 0.25) is 0 Å². The summed E-state index contributed by atoms with van der Waals surface area (Å²) in [6, 6.07) is 8.16. The molecule has 0 saturated heterocycles. The molecular formula is C18H13F2N3O3S. The number of anilines is 1. The third-order valence-electron chi connectivity index (χ3n) is 3.48. The van der Waals surface area contributed by atoms with E-state index in [-0.39, 0.29) is 10.8 Å². The third-order valence-corrected chi connectivity index (χ3v) is 4.23. The molecule has 1 atom stereocenters. The van der Waals surface area contributed by atoms with Crippen LogP contribution in [0.25, 0.3) is 11.3 Å². The Morgan fingerprint density at radius 2 is 2.00 bits per heavy atom. The zero-order chi connectivity index (χ0) is 19.4. The molecule has 0 aliphatic rings. The summed E-state index contributed by atoms with van der Waals surface area (Å²) in [5.74, 6) is -3.24. The van der Waals surface area contributed by atoms with Gasteiger partial charge in [-0.25, -0.2) is 23.5 Å². The van der Waals surface area contributed by atoms with E-state index in [1.165, 1.54) is 25.3 Å². The maximum Gasteiger partial charge on any atom is 0.357 e. The summed E-state index contributed by atoms with van der Waals surface area (Å²) in [5.41, 5.74) is 0.847. The van der Waals surface area contributed by atoms with Crippen LogP contribution in [0.3, 0.4) is 0 Å². The lowest BCUT2D eigenvalue weighted by Crippen LogP contribution is -2.30. The number of ether oxygens (including phenoxy) is 1. The number of nitrogens with zero attached hydrogens (tertiary/aromatic N) is 2. The number of halogens is 2. The maximum atomic E-state index is 13.3. The highest BCUT2D eigenvalue weighted by Crippen LogP contribution is 2.26. The second-order valence-corrected chi connectivity index (χ2v) is 6.28. The number of esters is 1. The minimum atomic E-state index is -1.07. The Hall–Kier alpha value is -3.20. The predicted molar refractivity (Wildman–Crippen MR) is 95.2 cm³/mol. The first-order valence-electron chi connectivity index (χ1n) is 7.78. The molecule has 0 radical (unpaired) electrons. The molecule has 1 N–H and O–H groups in total. The van der Waals surface area contributed by atoms with Gasteiger partial charge in [0.05, 0.1) is 5.69 Å². The summed E-state index contributed by atoms with van der Waals surface area (Å²) in [6.45, 7) is 1.42. The first-order chi connectivity index (χ1) is 12.9. The van der Waals surface area contributed by atoms with Crippen LogP contribution in [0, 0.1) is 11.6 Å². The number of rotatable bonds is 5. The van der Waals surface area contributed by atoms with E-state index in [1.54, 1.807) is 17.5 Å². The maximum absolute atomic E-state index is 13.3. The van der Waals surface area contributed by atoms with E-state index in [2.05, 4.69) is 15.3 Å². The van der Waals surface area contributed by atoms with E-state index in [1.807, 2.05) is 0 Å². The number of thiazole rings is 1. The minimum Gasteiger partial charge on any atom is -0.448 e. The fourth-order valence-corrected chi connectivity index (χ4v) is 2.81. The lowest BCUT2D eigenvalue weighted by molar-refractivity contribution is -0.123. The van der Waals surface area contributed by atoms with Crippen molar-refractivity contribution in [2.45, 2.75) is 13.0 Å². The van der Waals surface area contributed by atoms with Crippen LogP contribution in [-0.2, 0) is 9.53 Å². The van der Waals surface area contributed by atoms with Gasteiger partial charge in [-0.1, -0.05) is 6.07 Å². The molecule has 138 valence electrons. The van der Waals surface area contributed by atoms with Gasteiger partial charge in [-0.3, -0.25) is 10.1 Å². The Morgan fingerprint density at radius 1 is 1.19 bits per heavy atom. The Labute approximate surface area is 156 Å². The van der Waals surface area contributed by atoms with Gasteiger partial charge in [0.2, 0.25) is 0 Å². The van der Waals surface area contributed by atoms with Crippen LogP contribution < -0.4 is 5.32 Å². The molecule has 0 aliphatic heterocycles. The number of hydrogen-bond donors (Lipinski definition) is 1. The van der Waals surface area contributed by atoms with Crippen molar-refractivity contribution in [2.24, 2.45) is 0 Å². The molecule has 2 heterocycles. The highest BCUT2D eigenvalue weighted by atomic mass is 32.1. The summed E-state index contributed by atoms with van der Waals surface area (Å²) in [7, 11) is 0. The lowest BCUT2D eigenvalue weighted by atomic mass is 10.2. The molecule has 0 unspecified atom stereocenters. The monoisotopic (exact) mass is 389 g/mol. The highest BCUT2D eigenvalue weighted by molar-refractivity contribution is 7.14. The van der Waals surface area contributed by atoms with Gasteiger partial charge in [-0.15, -0.1) is 11.3 Å². The molecule has 6 nitrogen and oxygen atoms in total. The first-order valence-corrected chi connectivity index (χ1v) is 8.66. The summed E-state index contributed by atoms with van der Waals surface area (Å²) in [4.78, 5) is 32.1. The van der Waals surface area contributed by atoms with E-state index < -0.39 is 29.6 Å². The number of pyridine rings is 1. The van der Waals surface area contributed by atoms with Crippen molar-refractivity contribution in [3.05, 3.63) is 65.3 Å². The van der Waals surface area contributed by atoms with Crippen molar-refractivity contribution >= 4 is 28.3 Å². The van der Waals surface area contributed by atoms with E-state index in [0.717, 1.165) is 23.5 Å². The van der Waals surface area contributed by atoms with Gasteiger partial charge >= 0.3 is 5.97 Å². The molecule has 0 bridgehead atoms. The number of aromatic nitrogens is 2. The largest absolute Gasteiger partial charge is 0.448 e. The SMILES string of the molecule is C[C@H](OC(=O)c1ccccn1)C(=O)Nc1nc(-c2ccc(F)c(F)c2)cs1. The molecule has 0 saturated carbocycles. The lowest BCUT2D eigenvalue weighted by Gasteiger charge is -2.11. The van der Waals surface area contributed by atoms with Crippen LogP contribution in [0.4, 0.5) is 13.9 Å². The van der Waals surface area contributed by atoms with Crippen LogP contribution in [0.15, 0.2) is 48.0 Å². The molecule has 1 aromatic carbocycles. The van der Waals surface area contributed by atoms with Crippen molar-refractivity contribution in [1.29, 1.82) is 0 Å². The van der Waals surface area contributed by atoms with E-state index in [0.29, 0.717) is 11.3 Å². The Bertz CT molecular complexity index is 979. The second-order valence-electron chi connectivity index (χ2n) is 5.42. The number of benzene rings is 1. The smallest absolute Gasteiger partial charge is 0.357 e. The van der Waals surface area contributed by atoms with Crippen molar-refractivity contribution in [2.75, 3.05) is 5.32 Å². The molecule has 2 aromatic heterocycles. The molecule has 3 rings (SSSR count). The van der Waals surface area contributed by atoms with Gasteiger partial charge in [0.25, 0.3) is 5.91 Å². The van der Waals surface area contributed by atoms with E-state index >= 15 is 0 Å². The van der Waals surface area contributed by atoms with E-state index in [9.17, 15) is 18.4 Å². The standard InChI is InChI=1S/C18H13F2N3O3S/c1-10(26-17(25)14-4-2-3-7-21-14)16(24)23-18-22-15(9-27-18)11-5-6-12(19)13(20)8-11/h2-10H,1H3,(H,22,23,24)/t10-/m0/s1. The predicted octanol–water partition coefficient (Wildman–Crippen LogP) is 3.67. The average Bonchev–Trinajstić information content (AvgIpc) is 3.13. The van der Waals surface area contributed by atoms with Gasteiger partial charge in [0, 0.05) is 17.1 Å². The molecule has 1 amide bonds. The van der Waals surface area contributed by atoms with Crippen molar-refractivity contribution in [3.8, 4) is 11.3 Å². The number of hydrogen-bond acceptors (Lipinski definition) is 6. The summed E-state index contributed by atoms with van der Waals surface area (Å²) in [6.07, 6.45) is 0.367. The average molecular weight is 389 g/mol. The quantitative estimate of drug-likeness (QED) is 0.674. The van der Waals surface area contributed by atoms with Crippen LogP contribution >= 0.6 is 11.3 Å². The third kappa shape index (κ3) is 4.50. The van der Waals surface area contributed by atoms with Crippen LogP contribution in [-0.4, -0.2) is 27.9 Å². The molecular weight excluding hydrogens is 376 g/mol. The molecule has 3 aromatic rings. The summed E-state index contributed by atoms with van der Waals surface area (Å²) in [5, 5.41) is 4.34. The number of nitrogens with one attached hydrogen (secondary N) is 1. The van der Waals surface area contributed by atoms with Crippen molar-refractivity contribution in [1.82, 2.24) is 9.97 Å². The Morgan fingerprint density at radius 3 is 2.70 bits per heavy atom.